The summed E-state index contributed by atoms with van der Waals surface area (Å²) < 4.78 is 1.96. The molecule has 31 heavy (non-hydrogen) atoms. The van der Waals surface area contributed by atoms with Crippen molar-refractivity contribution in [2.45, 2.75) is 20.4 Å². The van der Waals surface area contributed by atoms with Crippen molar-refractivity contribution in [3.05, 3.63) is 81.1 Å². The summed E-state index contributed by atoms with van der Waals surface area (Å²) in [6.45, 7) is 4.60. The van der Waals surface area contributed by atoms with Gasteiger partial charge in [0.15, 0.2) is 0 Å². The summed E-state index contributed by atoms with van der Waals surface area (Å²) in [7, 11) is 0. The predicted molar refractivity (Wildman–Crippen MR) is 122 cm³/mol. The fourth-order valence-electron chi connectivity index (χ4n) is 3.48. The minimum atomic E-state index is -0.525. The SMILES string of the molecule is Cc1nn(Cc2ccc(-c3nc(C(N)=O)cs3)cc2)c(C)c1-c1ccc(C#N)c(Cl)c1. The lowest BCUT2D eigenvalue weighted by Crippen LogP contribution is -2.10. The van der Waals surface area contributed by atoms with Crippen molar-refractivity contribution in [2.24, 2.45) is 5.73 Å². The molecular weight excluding hydrogens is 430 g/mol. The fraction of sp³-hybridized carbons (Fsp3) is 0.130. The normalized spacial score (nSPS) is 10.8. The largest absolute Gasteiger partial charge is 0.364 e. The fourth-order valence-corrected chi connectivity index (χ4v) is 4.51. The molecule has 4 aromatic rings. The molecule has 0 saturated heterocycles. The number of carbonyl (C=O) groups excluding carboxylic acids is 1. The Morgan fingerprint density at radius 2 is 1.90 bits per heavy atom. The van der Waals surface area contributed by atoms with Crippen LogP contribution in [0.1, 0.15) is 33.0 Å². The first kappa shape index (κ1) is 20.8. The Labute approximate surface area is 188 Å². The number of hydrogen-bond acceptors (Lipinski definition) is 5. The summed E-state index contributed by atoms with van der Waals surface area (Å²) in [6.07, 6.45) is 0. The number of amides is 1. The van der Waals surface area contributed by atoms with Crippen LogP contribution >= 0.6 is 22.9 Å². The zero-order valence-electron chi connectivity index (χ0n) is 16.9. The molecule has 0 fully saturated rings. The van der Waals surface area contributed by atoms with E-state index in [0.29, 0.717) is 17.1 Å². The molecule has 0 aliphatic rings. The van der Waals surface area contributed by atoms with E-state index in [1.165, 1.54) is 11.3 Å². The van der Waals surface area contributed by atoms with Crippen molar-refractivity contribution in [3.63, 3.8) is 0 Å². The molecule has 0 radical (unpaired) electrons. The Kier molecular flexibility index (Phi) is 5.59. The van der Waals surface area contributed by atoms with Gasteiger partial charge in [0.05, 0.1) is 22.8 Å². The van der Waals surface area contributed by atoms with Crippen molar-refractivity contribution in [3.8, 4) is 27.8 Å². The van der Waals surface area contributed by atoms with Gasteiger partial charge in [0.1, 0.15) is 16.8 Å². The van der Waals surface area contributed by atoms with Gasteiger partial charge in [0.2, 0.25) is 0 Å². The zero-order valence-corrected chi connectivity index (χ0v) is 18.5. The number of aromatic nitrogens is 3. The number of hydrogen-bond donors (Lipinski definition) is 1. The van der Waals surface area contributed by atoms with E-state index in [0.717, 1.165) is 38.6 Å². The molecule has 1 amide bonds. The van der Waals surface area contributed by atoms with Gasteiger partial charge in [-0.3, -0.25) is 9.48 Å². The Bertz CT molecular complexity index is 1330. The third-order valence-corrected chi connectivity index (χ3v) is 6.25. The Morgan fingerprint density at radius 3 is 2.52 bits per heavy atom. The maximum atomic E-state index is 11.3. The van der Waals surface area contributed by atoms with Crippen LogP contribution < -0.4 is 5.73 Å². The number of nitrogens with two attached hydrogens (primary N) is 1. The maximum Gasteiger partial charge on any atom is 0.268 e. The number of halogens is 1. The molecule has 2 heterocycles. The average molecular weight is 448 g/mol. The molecule has 0 saturated carbocycles. The number of benzene rings is 2. The molecular formula is C23H18ClN5OS. The summed E-state index contributed by atoms with van der Waals surface area (Å²) in [5, 5.41) is 16.7. The molecule has 0 atom stereocenters. The molecule has 0 bridgehead atoms. The molecule has 2 N–H and O–H groups in total. The Morgan fingerprint density at radius 1 is 1.19 bits per heavy atom. The van der Waals surface area contributed by atoms with Crippen molar-refractivity contribution >= 4 is 28.8 Å². The van der Waals surface area contributed by atoms with Crippen LogP contribution in [-0.4, -0.2) is 20.7 Å². The minimum Gasteiger partial charge on any atom is -0.364 e. The van der Waals surface area contributed by atoms with Crippen molar-refractivity contribution in [2.75, 3.05) is 0 Å². The number of thiazole rings is 1. The second-order valence-corrected chi connectivity index (χ2v) is 8.37. The summed E-state index contributed by atoms with van der Waals surface area (Å²) in [4.78, 5) is 15.5. The van der Waals surface area contributed by atoms with Crippen molar-refractivity contribution < 1.29 is 4.79 Å². The summed E-state index contributed by atoms with van der Waals surface area (Å²) >= 11 is 7.61. The number of carbonyl (C=O) groups is 1. The van der Waals surface area contributed by atoms with Gasteiger partial charge in [-0.25, -0.2) is 4.98 Å². The van der Waals surface area contributed by atoms with Crippen molar-refractivity contribution in [1.82, 2.24) is 14.8 Å². The van der Waals surface area contributed by atoms with Gasteiger partial charge in [-0.2, -0.15) is 10.4 Å². The van der Waals surface area contributed by atoms with E-state index in [1.807, 2.05) is 54.9 Å². The van der Waals surface area contributed by atoms with E-state index in [4.69, 9.17) is 27.7 Å². The number of aryl methyl sites for hydroxylation is 1. The first-order valence-corrected chi connectivity index (χ1v) is 10.7. The number of primary amides is 1. The number of nitrogens with zero attached hydrogens (tertiary/aromatic N) is 4. The van der Waals surface area contributed by atoms with Crippen LogP contribution in [0.25, 0.3) is 21.7 Å². The van der Waals surface area contributed by atoms with Crippen LogP contribution in [0.3, 0.4) is 0 Å². The first-order valence-electron chi connectivity index (χ1n) is 9.46. The molecule has 2 aromatic carbocycles. The van der Waals surface area contributed by atoms with Crippen LogP contribution in [0.4, 0.5) is 0 Å². The van der Waals surface area contributed by atoms with E-state index >= 15 is 0 Å². The standard InChI is InChI=1S/C23H18ClN5OS/c1-13-21(17-7-8-18(10-25)19(24)9-17)14(2)29(28-13)11-15-3-5-16(6-4-15)23-27-20(12-31-23)22(26)30/h3-9,12H,11H2,1-2H3,(H2,26,30). The Hall–Kier alpha value is -3.47. The van der Waals surface area contributed by atoms with Gasteiger partial charge in [-0.15, -0.1) is 11.3 Å². The van der Waals surface area contributed by atoms with Crippen LogP contribution in [0, 0.1) is 25.2 Å². The van der Waals surface area contributed by atoms with Gasteiger partial charge in [-0.1, -0.05) is 41.9 Å². The lowest BCUT2D eigenvalue weighted by atomic mass is 10.0. The molecule has 0 aliphatic carbocycles. The number of rotatable bonds is 5. The van der Waals surface area contributed by atoms with E-state index in [-0.39, 0.29) is 5.69 Å². The van der Waals surface area contributed by atoms with Crippen molar-refractivity contribution in [1.29, 1.82) is 5.26 Å². The van der Waals surface area contributed by atoms with Crippen LogP contribution in [0.2, 0.25) is 5.02 Å². The lowest BCUT2D eigenvalue weighted by molar-refractivity contribution is 0.0996. The van der Waals surface area contributed by atoms with Crippen LogP contribution in [0.15, 0.2) is 47.8 Å². The van der Waals surface area contributed by atoms with Gasteiger partial charge >= 0.3 is 0 Å². The zero-order chi connectivity index (χ0) is 22.1. The smallest absolute Gasteiger partial charge is 0.268 e. The first-order chi connectivity index (χ1) is 14.9. The maximum absolute atomic E-state index is 11.3. The summed E-state index contributed by atoms with van der Waals surface area (Å²) in [5.41, 5.74) is 11.9. The summed E-state index contributed by atoms with van der Waals surface area (Å²) in [6, 6.07) is 15.5. The molecule has 2 aromatic heterocycles. The molecule has 0 unspecified atom stereocenters. The molecule has 0 aliphatic heterocycles. The van der Waals surface area contributed by atoms with E-state index in [9.17, 15) is 4.79 Å². The minimum absolute atomic E-state index is 0.280. The molecule has 4 rings (SSSR count). The van der Waals surface area contributed by atoms with Crippen LogP contribution in [0.5, 0.6) is 0 Å². The topological polar surface area (TPSA) is 97.6 Å². The van der Waals surface area contributed by atoms with Crippen LogP contribution in [-0.2, 0) is 6.54 Å². The van der Waals surface area contributed by atoms with Gasteiger partial charge in [0, 0.05) is 22.2 Å². The monoisotopic (exact) mass is 447 g/mol. The highest BCUT2D eigenvalue weighted by Gasteiger charge is 2.15. The highest BCUT2D eigenvalue weighted by molar-refractivity contribution is 7.13. The molecule has 6 nitrogen and oxygen atoms in total. The predicted octanol–water partition coefficient (Wildman–Crippen LogP) is 4.96. The second kappa shape index (κ2) is 8.34. The third-order valence-electron chi connectivity index (χ3n) is 5.05. The van der Waals surface area contributed by atoms with Gasteiger partial charge in [0.25, 0.3) is 5.91 Å². The summed E-state index contributed by atoms with van der Waals surface area (Å²) in [5.74, 6) is -0.525. The molecule has 8 heteroatoms. The molecule has 154 valence electrons. The highest BCUT2D eigenvalue weighted by atomic mass is 35.5. The van der Waals surface area contributed by atoms with Gasteiger partial charge < -0.3 is 5.73 Å². The molecule has 0 spiro atoms. The quantitative estimate of drug-likeness (QED) is 0.467. The lowest BCUT2D eigenvalue weighted by Gasteiger charge is -2.07. The highest BCUT2D eigenvalue weighted by Crippen LogP contribution is 2.31. The van der Waals surface area contributed by atoms with Gasteiger partial charge in [-0.05, 0) is 37.1 Å². The van der Waals surface area contributed by atoms with E-state index in [1.54, 1.807) is 11.4 Å². The Balaban J connectivity index is 1.59. The van der Waals surface area contributed by atoms with E-state index < -0.39 is 5.91 Å². The average Bonchev–Trinajstić information content (AvgIpc) is 3.34. The second-order valence-electron chi connectivity index (χ2n) is 7.11. The van der Waals surface area contributed by atoms with E-state index in [2.05, 4.69) is 11.1 Å². The number of nitriles is 1. The third kappa shape index (κ3) is 4.08.